The minimum atomic E-state index is -0.587. The standard InChI is InChI=1S/C17H19NO5/c1-2-5-12-10-11(8-9-22-12)17(21)23-18-15(19)13-6-3-4-7-14(13)16(18)20/h3-4,6-7,11-12H,2,5,8-10H2,1H3. The number of hydrogen-bond acceptors (Lipinski definition) is 5. The molecule has 122 valence electrons. The molecule has 2 heterocycles. The average Bonchev–Trinajstić information content (AvgIpc) is 2.81. The van der Waals surface area contributed by atoms with E-state index in [9.17, 15) is 14.4 Å². The van der Waals surface area contributed by atoms with Gasteiger partial charge in [0.1, 0.15) is 0 Å². The predicted octanol–water partition coefficient (Wildman–Crippen LogP) is 2.34. The summed E-state index contributed by atoms with van der Waals surface area (Å²) < 4.78 is 5.61. The minimum Gasteiger partial charge on any atom is -0.378 e. The number of imide groups is 1. The van der Waals surface area contributed by atoms with Gasteiger partial charge in [0, 0.05) is 6.61 Å². The Morgan fingerprint density at radius 3 is 2.52 bits per heavy atom. The number of rotatable bonds is 4. The van der Waals surface area contributed by atoms with Gasteiger partial charge in [-0.2, -0.15) is 0 Å². The Hall–Kier alpha value is -2.21. The fourth-order valence-electron chi connectivity index (χ4n) is 3.03. The minimum absolute atomic E-state index is 0.0356. The molecule has 1 fully saturated rings. The molecule has 2 amide bonds. The van der Waals surface area contributed by atoms with Gasteiger partial charge in [0.15, 0.2) is 0 Å². The van der Waals surface area contributed by atoms with E-state index in [0.717, 1.165) is 12.8 Å². The van der Waals surface area contributed by atoms with Gasteiger partial charge < -0.3 is 9.57 Å². The molecule has 6 heteroatoms. The molecule has 2 atom stereocenters. The normalized spacial score (nSPS) is 23.8. The van der Waals surface area contributed by atoms with Crippen LogP contribution in [0.25, 0.3) is 0 Å². The Kier molecular flexibility index (Phi) is 4.43. The first-order valence-corrected chi connectivity index (χ1v) is 7.93. The number of hydrogen-bond donors (Lipinski definition) is 0. The summed E-state index contributed by atoms with van der Waals surface area (Å²) in [4.78, 5) is 41.8. The van der Waals surface area contributed by atoms with Crippen LogP contribution in [-0.2, 0) is 14.4 Å². The molecule has 6 nitrogen and oxygen atoms in total. The van der Waals surface area contributed by atoms with Crippen molar-refractivity contribution in [2.45, 2.75) is 38.7 Å². The highest BCUT2D eigenvalue weighted by Gasteiger charge is 2.40. The van der Waals surface area contributed by atoms with Crippen molar-refractivity contribution in [3.8, 4) is 0 Å². The van der Waals surface area contributed by atoms with Crippen molar-refractivity contribution < 1.29 is 24.0 Å². The molecule has 0 spiro atoms. The molecule has 2 aliphatic heterocycles. The van der Waals surface area contributed by atoms with Crippen molar-refractivity contribution >= 4 is 17.8 Å². The lowest BCUT2D eigenvalue weighted by atomic mass is 9.94. The Morgan fingerprint density at radius 1 is 1.26 bits per heavy atom. The van der Waals surface area contributed by atoms with Gasteiger partial charge >= 0.3 is 5.97 Å². The number of ether oxygens (including phenoxy) is 1. The largest absolute Gasteiger partial charge is 0.378 e. The summed E-state index contributed by atoms with van der Waals surface area (Å²) in [6, 6.07) is 6.44. The number of fused-ring (bicyclic) bond motifs is 1. The molecule has 0 aliphatic carbocycles. The first kappa shape index (κ1) is 15.7. The molecule has 1 aromatic rings. The van der Waals surface area contributed by atoms with Crippen LogP contribution in [0, 0.1) is 5.92 Å². The van der Waals surface area contributed by atoms with Crippen LogP contribution in [0.1, 0.15) is 53.3 Å². The summed E-state index contributed by atoms with van der Waals surface area (Å²) in [7, 11) is 0. The lowest BCUT2D eigenvalue weighted by molar-refractivity contribution is -0.178. The highest BCUT2D eigenvalue weighted by Crippen LogP contribution is 2.27. The van der Waals surface area contributed by atoms with E-state index >= 15 is 0 Å². The Labute approximate surface area is 134 Å². The Morgan fingerprint density at radius 2 is 1.91 bits per heavy atom. The molecular formula is C17H19NO5. The van der Waals surface area contributed by atoms with Gasteiger partial charge in [-0.15, -0.1) is 0 Å². The summed E-state index contributed by atoms with van der Waals surface area (Å²) in [5.74, 6) is -2.05. The smallest absolute Gasteiger partial charge is 0.336 e. The first-order valence-electron chi connectivity index (χ1n) is 7.93. The second kappa shape index (κ2) is 6.50. The quantitative estimate of drug-likeness (QED) is 0.797. The molecule has 2 unspecified atom stereocenters. The topological polar surface area (TPSA) is 72.9 Å². The lowest BCUT2D eigenvalue weighted by Crippen LogP contribution is -2.38. The fraction of sp³-hybridized carbons (Fsp3) is 0.471. The zero-order valence-corrected chi connectivity index (χ0v) is 13.0. The number of nitrogens with zero attached hydrogens (tertiary/aromatic N) is 1. The van der Waals surface area contributed by atoms with Crippen LogP contribution in [0.2, 0.25) is 0 Å². The van der Waals surface area contributed by atoms with Gasteiger partial charge in [-0.1, -0.05) is 30.5 Å². The zero-order valence-electron chi connectivity index (χ0n) is 13.0. The molecule has 0 radical (unpaired) electrons. The second-order valence-corrected chi connectivity index (χ2v) is 5.86. The van der Waals surface area contributed by atoms with E-state index in [1.54, 1.807) is 24.3 Å². The van der Waals surface area contributed by atoms with E-state index in [2.05, 4.69) is 6.92 Å². The molecule has 1 saturated heterocycles. The van der Waals surface area contributed by atoms with Crippen molar-refractivity contribution in [2.24, 2.45) is 5.92 Å². The summed E-state index contributed by atoms with van der Waals surface area (Å²) in [5, 5.41) is 0.581. The van der Waals surface area contributed by atoms with E-state index in [1.165, 1.54) is 0 Å². The average molecular weight is 317 g/mol. The maximum absolute atomic E-state index is 12.3. The van der Waals surface area contributed by atoms with Gasteiger partial charge in [0.25, 0.3) is 11.8 Å². The molecule has 0 N–H and O–H groups in total. The summed E-state index contributed by atoms with van der Waals surface area (Å²) in [5.41, 5.74) is 0.530. The molecule has 1 aromatic carbocycles. The van der Waals surface area contributed by atoms with Gasteiger partial charge in [-0.05, 0) is 31.4 Å². The summed E-state index contributed by atoms with van der Waals surface area (Å²) in [6.07, 6.45) is 3.01. The summed E-state index contributed by atoms with van der Waals surface area (Å²) >= 11 is 0. The lowest BCUT2D eigenvalue weighted by Gasteiger charge is -2.28. The third kappa shape index (κ3) is 2.99. The number of carbonyl (C=O) groups is 3. The van der Waals surface area contributed by atoms with Gasteiger partial charge in [0.05, 0.1) is 23.1 Å². The molecule has 0 saturated carbocycles. The van der Waals surface area contributed by atoms with Crippen LogP contribution >= 0.6 is 0 Å². The second-order valence-electron chi connectivity index (χ2n) is 5.86. The predicted molar refractivity (Wildman–Crippen MR) is 80.4 cm³/mol. The zero-order chi connectivity index (χ0) is 16.4. The van der Waals surface area contributed by atoms with E-state index in [1.807, 2.05) is 0 Å². The number of amides is 2. The molecule has 0 aromatic heterocycles. The Bertz CT molecular complexity index is 605. The highest BCUT2D eigenvalue weighted by molar-refractivity contribution is 6.20. The molecule has 23 heavy (non-hydrogen) atoms. The van der Waals surface area contributed by atoms with Crippen LogP contribution in [0.15, 0.2) is 24.3 Å². The maximum atomic E-state index is 12.3. The van der Waals surface area contributed by atoms with Crippen LogP contribution in [0.4, 0.5) is 0 Å². The summed E-state index contributed by atoms with van der Waals surface area (Å²) in [6.45, 7) is 2.55. The maximum Gasteiger partial charge on any atom is 0.336 e. The van der Waals surface area contributed by atoms with Crippen molar-refractivity contribution in [3.05, 3.63) is 35.4 Å². The number of carbonyl (C=O) groups excluding carboxylic acids is 3. The SMILES string of the molecule is CCCC1CC(C(=O)ON2C(=O)c3ccccc3C2=O)CCO1. The third-order valence-electron chi connectivity index (χ3n) is 4.25. The highest BCUT2D eigenvalue weighted by atomic mass is 16.7. The van der Waals surface area contributed by atoms with E-state index < -0.39 is 17.8 Å². The number of hydroxylamine groups is 2. The van der Waals surface area contributed by atoms with Crippen LogP contribution in [0.3, 0.4) is 0 Å². The van der Waals surface area contributed by atoms with Crippen molar-refractivity contribution in [2.75, 3.05) is 6.61 Å². The van der Waals surface area contributed by atoms with Crippen molar-refractivity contribution in [1.82, 2.24) is 5.06 Å². The third-order valence-corrected chi connectivity index (χ3v) is 4.25. The van der Waals surface area contributed by atoms with E-state index in [4.69, 9.17) is 9.57 Å². The van der Waals surface area contributed by atoms with Crippen LogP contribution < -0.4 is 0 Å². The molecule has 2 aliphatic rings. The van der Waals surface area contributed by atoms with Gasteiger partial charge in [-0.25, -0.2) is 4.79 Å². The van der Waals surface area contributed by atoms with Crippen molar-refractivity contribution in [3.63, 3.8) is 0 Å². The van der Waals surface area contributed by atoms with E-state index in [0.29, 0.717) is 24.5 Å². The molecule has 0 bridgehead atoms. The fourth-order valence-corrected chi connectivity index (χ4v) is 3.03. The van der Waals surface area contributed by atoms with E-state index in [-0.39, 0.29) is 23.1 Å². The van der Waals surface area contributed by atoms with Crippen molar-refractivity contribution in [1.29, 1.82) is 0 Å². The van der Waals surface area contributed by atoms with Crippen LogP contribution in [0.5, 0.6) is 0 Å². The number of benzene rings is 1. The monoisotopic (exact) mass is 317 g/mol. The Balaban J connectivity index is 1.67. The first-order chi connectivity index (χ1) is 11.1. The van der Waals surface area contributed by atoms with Gasteiger partial charge in [0.2, 0.25) is 0 Å². The molecular weight excluding hydrogens is 298 g/mol. The van der Waals surface area contributed by atoms with Gasteiger partial charge in [-0.3, -0.25) is 9.59 Å². The van der Waals surface area contributed by atoms with Crippen LogP contribution in [-0.4, -0.2) is 35.6 Å². The molecule has 3 rings (SSSR count).